The highest BCUT2D eigenvalue weighted by atomic mass is 16.5. The summed E-state index contributed by atoms with van der Waals surface area (Å²) in [5.41, 5.74) is 3.54. The Labute approximate surface area is 202 Å². The molecule has 1 N–H and O–H groups in total. The normalized spacial score (nSPS) is 15.5. The molecule has 0 bridgehead atoms. The van der Waals surface area contributed by atoms with Crippen molar-refractivity contribution in [2.24, 2.45) is 10.4 Å². The maximum absolute atomic E-state index is 12.8. The molecule has 0 aliphatic carbocycles. The van der Waals surface area contributed by atoms with Crippen molar-refractivity contribution in [2.75, 3.05) is 27.4 Å². The number of aliphatic imine (C=N–C) groups is 1. The van der Waals surface area contributed by atoms with Crippen LogP contribution in [0, 0.1) is 5.41 Å². The Bertz CT molecular complexity index is 1090. The fourth-order valence-corrected chi connectivity index (χ4v) is 4.10. The first-order chi connectivity index (χ1) is 16.3. The molecule has 0 fully saturated rings. The van der Waals surface area contributed by atoms with Crippen molar-refractivity contribution in [3.8, 4) is 17.1 Å². The summed E-state index contributed by atoms with van der Waals surface area (Å²) in [5.74, 6) is 0.304. The quantitative estimate of drug-likeness (QED) is 0.415. The van der Waals surface area contributed by atoms with Crippen LogP contribution in [0.25, 0.3) is 11.3 Å². The number of nitrogens with one attached hydrogen (secondary N) is 1. The van der Waals surface area contributed by atoms with Crippen molar-refractivity contribution in [3.05, 3.63) is 71.6 Å². The van der Waals surface area contributed by atoms with Crippen LogP contribution in [0.1, 0.15) is 37.8 Å². The number of ether oxygens (including phenoxy) is 2. The molecule has 180 valence electrons. The first-order valence-corrected chi connectivity index (χ1v) is 11.4. The topological polar surface area (TPSA) is 76.1 Å². The van der Waals surface area contributed by atoms with Crippen LogP contribution in [-0.2, 0) is 16.1 Å². The first kappa shape index (κ1) is 25.3. The average Bonchev–Trinajstić information content (AvgIpc) is 2.86. The van der Waals surface area contributed by atoms with Crippen LogP contribution < -0.4 is 10.1 Å². The van der Waals surface area contributed by atoms with E-state index in [4.69, 9.17) is 14.5 Å². The summed E-state index contributed by atoms with van der Waals surface area (Å²) in [5, 5.41) is 2.76. The molecule has 1 aromatic carbocycles. The SMILES string of the molecule is C=CC1=C(N=C)Oc2nc(-c3ccc(COCN(C)CC)cc3)ccc2C1C(C)(C)C(=O)NC. The third-order valence-corrected chi connectivity index (χ3v) is 6.22. The van der Waals surface area contributed by atoms with E-state index in [0.29, 0.717) is 30.7 Å². The van der Waals surface area contributed by atoms with Crippen LogP contribution in [0.3, 0.4) is 0 Å². The van der Waals surface area contributed by atoms with Gasteiger partial charge in [0.2, 0.25) is 17.7 Å². The Morgan fingerprint density at radius 1 is 1.29 bits per heavy atom. The van der Waals surface area contributed by atoms with Gasteiger partial charge in [-0.15, -0.1) is 0 Å². The van der Waals surface area contributed by atoms with Crippen LogP contribution in [-0.4, -0.2) is 49.9 Å². The molecule has 3 rings (SSSR count). The lowest BCUT2D eigenvalue weighted by Gasteiger charge is -2.37. The highest BCUT2D eigenvalue weighted by Crippen LogP contribution is 2.49. The second kappa shape index (κ2) is 10.8. The van der Waals surface area contributed by atoms with Crippen LogP contribution in [0.2, 0.25) is 0 Å². The second-order valence-corrected chi connectivity index (χ2v) is 8.90. The summed E-state index contributed by atoms with van der Waals surface area (Å²) in [4.78, 5) is 23.7. The Hall–Kier alpha value is -3.29. The predicted molar refractivity (Wildman–Crippen MR) is 136 cm³/mol. The molecule has 0 radical (unpaired) electrons. The number of amides is 1. The molecule has 1 aliphatic rings. The summed E-state index contributed by atoms with van der Waals surface area (Å²) < 4.78 is 11.7. The summed E-state index contributed by atoms with van der Waals surface area (Å²) in [6.07, 6.45) is 1.68. The number of pyridine rings is 1. The van der Waals surface area contributed by atoms with Gasteiger partial charge >= 0.3 is 0 Å². The van der Waals surface area contributed by atoms with Crippen molar-refractivity contribution >= 4 is 12.6 Å². The maximum atomic E-state index is 12.8. The zero-order chi connectivity index (χ0) is 24.9. The molecule has 0 spiro atoms. The molecule has 34 heavy (non-hydrogen) atoms. The number of rotatable bonds is 10. The monoisotopic (exact) mass is 462 g/mol. The van der Waals surface area contributed by atoms with Gasteiger partial charge in [-0.2, -0.15) is 0 Å². The number of nitrogens with zero attached hydrogens (tertiary/aromatic N) is 3. The van der Waals surface area contributed by atoms with Gasteiger partial charge in [-0.1, -0.05) is 63.8 Å². The van der Waals surface area contributed by atoms with Crippen molar-refractivity contribution in [2.45, 2.75) is 33.3 Å². The standard InChI is InChI=1S/C27H34N4O3/c1-8-20-23(27(3,4)26(32)29-6)21-14-15-22(30-25(21)34-24(20)28-5)19-12-10-18(11-13-19)16-33-17-31(7)9-2/h8,10-15,23H,1,5,9,16-17H2,2-4,6-7H3,(H,29,32). The molecule has 7 heteroatoms. The molecular weight excluding hydrogens is 428 g/mol. The Morgan fingerprint density at radius 2 is 2.00 bits per heavy atom. The van der Waals surface area contributed by atoms with Gasteiger partial charge in [0.1, 0.15) is 0 Å². The molecule has 1 aliphatic heterocycles. The lowest BCUT2D eigenvalue weighted by molar-refractivity contribution is -0.129. The number of allylic oxidation sites excluding steroid dienone is 2. The number of hydrogen-bond acceptors (Lipinski definition) is 6. The average molecular weight is 463 g/mol. The van der Waals surface area contributed by atoms with Crippen LogP contribution in [0.15, 0.2) is 65.5 Å². The van der Waals surface area contributed by atoms with Crippen molar-refractivity contribution < 1.29 is 14.3 Å². The lowest BCUT2D eigenvalue weighted by atomic mass is 9.69. The number of hydrogen-bond donors (Lipinski definition) is 1. The van der Waals surface area contributed by atoms with Gasteiger partial charge in [0.15, 0.2) is 0 Å². The maximum Gasteiger partial charge on any atom is 0.226 e. The summed E-state index contributed by atoms with van der Waals surface area (Å²) >= 11 is 0. The van der Waals surface area contributed by atoms with E-state index >= 15 is 0 Å². The zero-order valence-corrected chi connectivity index (χ0v) is 20.7. The van der Waals surface area contributed by atoms with E-state index in [1.165, 1.54) is 0 Å². The molecule has 1 amide bonds. The van der Waals surface area contributed by atoms with Gasteiger partial charge < -0.3 is 14.8 Å². The van der Waals surface area contributed by atoms with E-state index in [0.717, 1.165) is 28.9 Å². The van der Waals surface area contributed by atoms with Gasteiger partial charge in [0, 0.05) is 29.7 Å². The van der Waals surface area contributed by atoms with E-state index in [-0.39, 0.29) is 11.8 Å². The number of fused-ring (bicyclic) bond motifs is 1. The third kappa shape index (κ3) is 5.11. The number of carbonyl (C=O) groups is 1. The van der Waals surface area contributed by atoms with Gasteiger partial charge in [0.05, 0.1) is 24.4 Å². The smallest absolute Gasteiger partial charge is 0.226 e. The van der Waals surface area contributed by atoms with Gasteiger partial charge in [-0.25, -0.2) is 9.98 Å². The highest BCUT2D eigenvalue weighted by molar-refractivity contribution is 5.84. The second-order valence-electron chi connectivity index (χ2n) is 8.90. The van der Waals surface area contributed by atoms with Gasteiger partial charge in [0.25, 0.3) is 0 Å². The van der Waals surface area contributed by atoms with Crippen LogP contribution in [0.5, 0.6) is 5.88 Å². The molecule has 2 aromatic rings. The van der Waals surface area contributed by atoms with Crippen molar-refractivity contribution in [3.63, 3.8) is 0 Å². The first-order valence-electron chi connectivity index (χ1n) is 11.4. The minimum Gasteiger partial charge on any atom is -0.420 e. The minimum absolute atomic E-state index is 0.0971. The largest absolute Gasteiger partial charge is 0.420 e. The number of benzene rings is 1. The van der Waals surface area contributed by atoms with E-state index in [9.17, 15) is 4.79 Å². The summed E-state index contributed by atoms with van der Waals surface area (Å²) in [6, 6.07) is 12.0. The van der Waals surface area contributed by atoms with Gasteiger partial charge in [-0.3, -0.25) is 9.69 Å². The predicted octanol–water partition coefficient (Wildman–Crippen LogP) is 4.52. The van der Waals surface area contributed by atoms with Crippen molar-refractivity contribution in [1.29, 1.82) is 0 Å². The fraction of sp³-hybridized carbons (Fsp3) is 0.370. The van der Waals surface area contributed by atoms with Crippen molar-refractivity contribution in [1.82, 2.24) is 15.2 Å². The zero-order valence-electron chi connectivity index (χ0n) is 20.7. The minimum atomic E-state index is -0.788. The fourth-order valence-electron chi connectivity index (χ4n) is 4.10. The molecule has 1 aromatic heterocycles. The molecule has 0 saturated heterocycles. The van der Waals surface area contributed by atoms with Crippen LogP contribution >= 0.6 is 0 Å². The van der Waals surface area contributed by atoms with Gasteiger partial charge in [-0.05, 0) is 31.9 Å². The van der Waals surface area contributed by atoms with E-state index in [1.807, 2.05) is 57.3 Å². The molecule has 7 nitrogen and oxygen atoms in total. The summed E-state index contributed by atoms with van der Waals surface area (Å²) in [7, 11) is 3.65. The Morgan fingerprint density at radius 3 is 2.59 bits per heavy atom. The molecular formula is C27H34N4O3. The molecule has 2 heterocycles. The number of carbonyl (C=O) groups excluding carboxylic acids is 1. The molecule has 0 saturated carbocycles. The Kier molecular flexibility index (Phi) is 8.02. The summed E-state index contributed by atoms with van der Waals surface area (Å²) in [6.45, 7) is 15.5. The van der Waals surface area contributed by atoms with E-state index in [2.05, 4.69) is 35.4 Å². The van der Waals surface area contributed by atoms with E-state index in [1.54, 1.807) is 13.1 Å². The number of aromatic nitrogens is 1. The Balaban J connectivity index is 1.92. The molecule has 1 unspecified atom stereocenters. The van der Waals surface area contributed by atoms with Crippen LogP contribution in [0.4, 0.5) is 0 Å². The third-order valence-electron chi connectivity index (χ3n) is 6.22. The van der Waals surface area contributed by atoms with E-state index < -0.39 is 5.41 Å². The lowest BCUT2D eigenvalue weighted by Crippen LogP contribution is -2.41. The highest BCUT2D eigenvalue weighted by Gasteiger charge is 2.44. The molecule has 1 atom stereocenters.